The molecule has 1 aromatic carbocycles. The van der Waals surface area contributed by atoms with Crippen LogP contribution in [-0.4, -0.2) is 134 Å². The largest absolute Gasteiger partial charge is 0.366 e. The van der Waals surface area contributed by atoms with Gasteiger partial charge in [0, 0.05) is 92.7 Å². The molecule has 3 aromatic heterocycles. The van der Waals surface area contributed by atoms with Crippen molar-refractivity contribution in [1.82, 2.24) is 39.5 Å². The van der Waals surface area contributed by atoms with Gasteiger partial charge in [0.05, 0.1) is 34.8 Å². The first-order valence-corrected chi connectivity index (χ1v) is 28.0. The number of carbonyl (C=O) groups excluding carboxylic acids is 5. The number of fused-ring (bicyclic) bond motifs is 6. The summed E-state index contributed by atoms with van der Waals surface area (Å²) in [6.45, 7) is 9.84. The van der Waals surface area contributed by atoms with Crippen molar-refractivity contribution >= 4 is 57.9 Å². The second-order valence-corrected chi connectivity index (χ2v) is 23.6. The molecule has 0 radical (unpaired) electrons. The number of nitrogens with zero attached hydrogens (tertiary/aromatic N) is 9. The molecule has 2 bridgehead atoms. The summed E-state index contributed by atoms with van der Waals surface area (Å²) in [5, 5.41) is 6.15. The normalized spacial score (nSPS) is 28.5. The molecule has 4 aromatic rings. The first-order chi connectivity index (χ1) is 35.5. The van der Waals surface area contributed by atoms with Gasteiger partial charge in [-0.05, 0) is 152 Å². The molecule has 6 saturated heterocycles. The molecule has 16 heteroatoms. The van der Waals surface area contributed by atoms with E-state index in [1.165, 1.54) is 19.3 Å². The monoisotopic (exact) mass is 990 g/mol. The molecule has 5 amide bonds. The Morgan fingerprint density at radius 3 is 2.32 bits per heavy atom. The summed E-state index contributed by atoms with van der Waals surface area (Å²) in [5.74, 6) is 1.37. The molecule has 4 unspecified atom stereocenters. The van der Waals surface area contributed by atoms with E-state index in [0.29, 0.717) is 69.9 Å². The van der Waals surface area contributed by atoms with E-state index in [1.807, 2.05) is 23.4 Å². The number of likely N-dealkylation sites (tertiary alicyclic amines) is 2. The first-order valence-electron chi connectivity index (χ1n) is 28.0. The van der Waals surface area contributed by atoms with Crippen LogP contribution in [0.3, 0.4) is 0 Å². The van der Waals surface area contributed by atoms with Crippen molar-refractivity contribution < 1.29 is 24.0 Å². The molecule has 14 rings (SSSR count). The molecule has 7 aliphatic heterocycles. The Bertz CT molecular complexity index is 2830. The van der Waals surface area contributed by atoms with E-state index in [0.717, 1.165) is 128 Å². The van der Waals surface area contributed by atoms with Gasteiger partial charge in [0.15, 0.2) is 5.82 Å². The number of imidazole rings is 1. The van der Waals surface area contributed by atoms with E-state index in [4.69, 9.17) is 15.0 Å². The highest BCUT2D eigenvalue weighted by atomic mass is 16.2. The fourth-order valence-corrected chi connectivity index (χ4v) is 14.5. The molecular formula is C57H71N11O5. The Balaban J connectivity index is 0.702. The van der Waals surface area contributed by atoms with E-state index >= 15 is 4.79 Å². The lowest BCUT2D eigenvalue weighted by Gasteiger charge is -2.52. The first kappa shape index (κ1) is 46.9. The molecular weight excluding hydrogens is 919 g/mol. The lowest BCUT2D eigenvalue weighted by atomic mass is 9.70. The number of piperidine rings is 6. The molecule has 1 spiro atoms. The van der Waals surface area contributed by atoms with E-state index < -0.39 is 5.41 Å². The summed E-state index contributed by atoms with van der Waals surface area (Å²) in [5.41, 5.74) is 6.01. The quantitative estimate of drug-likeness (QED) is 0.158. The molecule has 4 atom stereocenters. The van der Waals surface area contributed by atoms with E-state index in [2.05, 4.69) is 72.9 Å². The van der Waals surface area contributed by atoms with Crippen LogP contribution in [0.15, 0.2) is 48.9 Å². The Kier molecular flexibility index (Phi) is 11.9. The maximum atomic E-state index is 15.4. The van der Waals surface area contributed by atoms with E-state index in [9.17, 15) is 19.2 Å². The molecule has 16 nitrogen and oxygen atoms in total. The predicted octanol–water partition coefficient (Wildman–Crippen LogP) is 6.94. The van der Waals surface area contributed by atoms with Crippen LogP contribution in [0.5, 0.6) is 0 Å². The van der Waals surface area contributed by atoms with Gasteiger partial charge < -0.3 is 34.4 Å². The van der Waals surface area contributed by atoms with Crippen molar-refractivity contribution in [3.05, 3.63) is 60.0 Å². The molecule has 3 saturated carbocycles. The number of benzene rings is 1. The van der Waals surface area contributed by atoms with Crippen molar-refractivity contribution in [3.8, 4) is 11.3 Å². The van der Waals surface area contributed by atoms with Crippen molar-refractivity contribution in [1.29, 1.82) is 0 Å². The molecule has 73 heavy (non-hydrogen) atoms. The van der Waals surface area contributed by atoms with Crippen LogP contribution >= 0.6 is 0 Å². The number of hydrogen-bond donors (Lipinski definition) is 2. The highest BCUT2D eigenvalue weighted by molar-refractivity contribution is 6.09. The smallest absolute Gasteiger partial charge is 0.238 e. The Morgan fingerprint density at radius 2 is 1.60 bits per heavy atom. The van der Waals surface area contributed by atoms with Gasteiger partial charge in [0.2, 0.25) is 29.5 Å². The minimum Gasteiger partial charge on any atom is -0.366 e. The lowest BCUT2D eigenvalue weighted by molar-refractivity contribution is -0.156. The molecule has 3 aliphatic carbocycles. The Hall–Kier alpha value is -5.90. The number of aromatic nitrogens is 4. The van der Waals surface area contributed by atoms with Crippen LogP contribution in [0.25, 0.3) is 22.3 Å². The second kappa shape index (κ2) is 18.5. The summed E-state index contributed by atoms with van der Waals surface area (Å²) >= 11 is 0. The van der Waals surface area contributed by atoms with Gasteiger partial charge in [-0.25, -0.2) is 15.0 Å². The van der Waals surface area contributed by atoms with E-state index in [1.54, 1.807) is 6.20 Å². The zero-order valence-corrected chi connectivity index (χ0v) is 42.6. The van der Waals surface area contributed by atoms with Crippen molar-refractivity contribution in [2.45, 2.75) is 158 Å². The standard InChI is InChI=1S/C57H71N11O5/c1-34(2)67-33-59-46-30-45(61-52(51(46)67)60-39-9-10-39)37-7-12-44-48(27-37)68(41-28-40(29-41)63-20-4-3-5-21-63)56(73)57(44)18-24-65(25-19-57)55(72)43-26-35-6-13-47(43)66(32-35)54(71)36-16-22-64(23-17-36)49-14-8-38(31-58-49)42-11-15-50(69)62-53(42)70/h7-8,12,14,27,30-31,33-36,39-43,47H,3-6,9-11,13,15-26,28-29,32H2,1-2H3,(H,60,61)(H,62,69,70). The van der Waals surface area contributed by atoms with Gasteiger partial charge in [-0.1, -0.05) is 24.6 Å². The summed E-state index contributed by atoms with van der Waals surface area (Å²) in [7, 11) is 0. The van der Waals surface area contributed by atoms with Gasteiger partial charge in [-0.15, -0.1) is 0 Å². The maximum absolute atomic E-state index is 15.4. The molecule has 10 heterocycles. The maximum Gasteiger partial charge on any atom is 0.238 e. The van der Waals surface area contributed by atoms with Crippen LogP contribution in [0.2, 0.25) is 0 Å². The Labute approximate surface area is 428 Å². The van der Waals surface area contributed by atoms with Gasteiger partial charge in [-0.3, -0.25) is 29.3 Å². The topological polar surface area (TPSA) is 169 Å². The summed E-state index contributed by atoms with van der Waals surface area (Å²) in [6.07, 6.45) is 17.9. The Morgan fingerprint density at radius 1 is 0.808 bits per heavy atom. The number of nitrogens with one attached hydrogen (secondary N) is 2. The van der Waals surface area contributed by atoms with Crippen molar-refractivity contribution in [2.75, 3.05) is 60.9 Å². The van der Waals surface area contributed by atoms with Gasteiger partial charge in [-0.2, -0.15) is 0 Å². The fraction of sp³-hybridized carbons (Fsp3) is 0.614. The molecule has 9 fully saturated rings. The number of rotatable bonds is 10. The minimum absolute atomic E-state index is 0.0958. The minimum atomic E-state index is -0.694. The fourth-order valence-electron chi connectivity index (χ4n) is 14.5. The average Bonchev–Trinajstić information content (AvgIpc) is 4.07. The third kappa shape index (κ3) is 8.28. The molecule has 384 valence electrons. The van der Waals surface area contributed by atoms with Gasteiger partial charge in [0.25, 0.3) is 0 Å². The number of carbonyl (C=O) groups is 5. The zero-order chi connectivity index (χ0) is 49.7. The predicted molar refractivity (Wildman–Crippen MR) is 278 cm³/mol. The number of anilines is 3. The summed E-state index contributed by atoms with van der Waals surface area (Å²) in [4.78, 5) is 94.8. The number of pyridine rings is 2. The van der Waals surface area contributed by atoms with Crippen LogP contribution in [-0.2, 0) is 29.4 Å². The van der Waals surface area contributed by atoms with Crippen LogP contribution in [0.1, 0.15) is 140 Å². The summed E-state index contributed by atoms with van der Waals surface area (Å²) in [6, 6.07) is 13.8. The zero-order valence-electron chi connectivity index (χ0n) is 42.6. The highest BCUT2D eigenvalue weighted by Gasteiger charge is 2.57. The van der Waals surface area contributed by atoms with Crippen LogP contribution < -0.4 is 20.4 Å². The molecule has 10 aliphatic rings. The summed E-state index contributed by atoms with van der Waals surface area (Å²) < 4.78 is 2.20. The number of amides is 5. The SMILES string of the molecule is CC(C)n1cnc2cc(-c3ccc4c(c3)N(C3CC(N5CCCCC5)C3)C(=O)C43CCN(C(=O)C4CC5CCC4N(C(=O)C4CCN(c6ccc(C7CCC(=O)NC7=O)cn6)CC4)C5)CC3)nc(NC3CC3)c21. The number of imide groups is 1. The van der Waals surface area contributed by atoms with Crippen LogP contribution in [0.4, 0.5) is 17.3 Å². The third-order valence-corrected chi connectivity index (χ3v) is 19.0. The van der Waals surface area contributed by atoms with Crippen molar-refractivity contribution in [2.24, 2.45) is 17.8 Å². The number of hydrogen-bond acceptors (Lipinski definition) is 11. The average molecular weight is 990 g/mol. The van der Waals surface area contributed by atoms with Gasteiger partial charge in [0.1, 0.15) is 11.3 Å². The molecule has 2 N–H and O–H groups in total. The third-order valence-electron chi connectivity index (χ3n) is 19.0. The van der Waals surface area contributed by atoms with Crippen molar-refractivity contribution in [3.63, 3.8) is 0 Å². The van der Waals surface area contributed by atoms with E-state index in [-0.39, 0.29) is 65.4 Å². The van der Waals surface area contributed by atoms with Gasteiger partial charge >= 0.3 is 0 Å². The van der Waals surface area contributed by atoms with Crippen LogP contribution in [0, 0.1) is 17.8 Å². The lowest BCUT2D eigenvalue weighted by Crippen LogP contribution is -2.62. The highest BCUT2D eigenvalue weighted by Crippen LogP contribution is 2.53. The second-order valence-electron chi connectivity index (χ2n) is 23.6.